The molecule has 0 heterocycles. The van der Waals surface area contributed by atoms with Crippen LogP contribution in [0.5, 0.6) is 0 Å². The van der Waals surface area contributed by atoms with Gasteiger partial charge in [-0.05, 0) is 28.7 Å². The molecule has 0 saturated carbocycles. The summed E-state index contributed by atoms with van der Waals surface area (Å²) < 4.78 is 12.8. The van der Waals surface area contributed by atoms with Crippen molar-refractivity contribution in [2.75, 3.05) is 42.7 Å². The molecule has 3 aliphatic carbocycles. The number of benzene rings is 3. The van der Waals surface area contributed by atoms with Gasteiger partial charge in [-0.1, -0.05) is 78.0 Å². The van der Waals surface area contributed by atoms with Crippen molar-refractivity contribution in [1.82, 2.24) is 0 Å². The van der Waals surface area contributed by atoms with E-state index in [9.17, 15) is 9.59 Å². The molecule has 0 saturated heterocycles. The molecule has 0 spiro atoms. The molecular formula is C33H43ClN2O6. The van der Waals surface area contributed by atoms with Crippen LogP contribution >= 0.6 is 12.4 Å². The third kappa shape index (κ3) is 12.4. The molecule has 0 amide bonds. The summed E-state index contributed by atoms with van der Waals surface area (Å²) in [5.74, 6) is 0.142. The van der Waals surface area contributed by atoms with E-state index < -0.39 is 0 Å². The Morgan fingerprint density at radius 2 is 1.02 bits per heavy atom. The zero-order valence-corrected chi connectivity index (χ0v) is 26.1. The van der Waals surface area contributed by atoms with Crippen molar-refractivity contribution in [3.8, 4) is 0 Å². The number of hydrogen-bond acceptors (Lipinski definition) is 8. The number of Topliss-reactive ketones (excluding diaryl/α,β-unsaturated/α-hetero) is 2. The number of ether oxygens (including phenoxy) is 3. The predicted octanol–water partition coefficient (Wildman–Crippen LogP) is 6.09. The minimum absolute atomic E-state index is 0. The van der Waals surface area contributed by atoms with Crippen molar-refractivity contribution in [2.24, 2.45) is 5.16 Å². The first-order chi connectivity index (χ1) is 19.8. The van der Waals surface area contributed by atoms with Gasteiger partial charge in [0.15, 0.2) is 5.78 Å². The third-order valence-corrected chi connectivity index (χ3v) is 5.87. The van der Waals surface area contributed by atoms with Crippen molar-refractivity contribution in [1.29, 1.82) is 5.41 Å². The van der Waals surface area contributed by atoms with E-state index in [1.807, 2.05) is 48.5 Å². The number of aryl methyl sites for hydroxylation is 1. The number of fused-ring (bicyclic) bond motifs is 3. The Kier molecular flexibility index (Phi) is 20.0. The fourth-order valence-corrected chi connectivity index (χ4v) is 4.21. The highest BCUT2D eigenvalue weighted by Crippen LogP contribution is 2.21. The van der Waals surface area contributed by atoms with E-state index in [1.54, 1.807) is 54.8 Å². The van der Waals surface area contributed by atoms with Gasteiger partial charge in [-0.25, -0.2) is 0 Å². The lowest BCUT2D eigenvalue weighted by atomic mass is 10.1. The minimum Gasteiger partial charge on any atom is -0.411 e. The molecule has 2 N–H and O–H groups in total. The Labute approximate surface area is 255 Å². The largest absolute Gasteiger partial charge is 0.411 e. The Morgan fingerprint density at radius 3 is 1.45 bits per heavy atom. The van der Waals surface area contributed by atoms with Gasteiger partial charge in [-0.2, -0.15) is 0 Å². The molecule has 0 bridgehead atoms. The van der Waals surface area contributed by atoms with Crippen molar-refractivity contribution in [2.45, 2.75) is 32.1 Å². The molecule has 8 nitrogen and oxygen atoms in total. The van der Waals surface area contributed by atoms with Crippen molar-refractivity contribution in [3.05, 3.63) is 106 Å². The highest BCUT2D eigenvalue weighted by Gasteiger charge is 2.25. The number of rotatable bonds is 0. The van der Waals surface area contributed by atoms with Crippen molar-refractivity contribution < 1.29 is 29.0 Å². The molecule has 0 radical (unpaired) electrons. The van der Waals surface area contributed by atoms with Gasteiger partial charge in [-0.15, -0.1) is 12.4 Å². The first-order valence-corrected chi connectivity index (χ1v) is 13.1. The molecule has 9 heteroatoms. The van der Waals surface area contributed by atoms with Crippen LogP contribution in [0.1, 0.15) is 49.4 Å². The molecular weight excluding hydrogens is 556 g/mol. The molecule has 6 rings (SSSR count). The van der Waals surface area contributed by atoms with Gasteiger partial charge < -0.3 is 24.8 Å². The lowest BCUT2D eigenvalue weighted by Gasteiger charge is -1.92. The zero-order chi connectivity index (χ0) is 30.6. The summed E-state index contributed by atoms with van der Waals surface area (Å²) in [7, 11) is 9.75. The van der Waals surface area contributed by atoms with Crippen LogP contribution in [0.25, 0.3) is 0 Å². The average molecular weight is 599 g/mol. The Morgan fingerprint density at radius 1 is 0.619 bits per heavy atom. The van der Waals surface area contributed by atoms with E-state index in [0.29, 0.717) is 24.2 Å². The normalized spacial score (nSPS) is 13.9. The van der Waals surface area contributed by atoms with E-state index in [1.165, 1.54) is 16.7 Å². The molecule has 0 aliphatic heterocycles. The van der Waals surface area contributed by atoms with Crippen LogP contribution in [0.3, 0.4) is 0 Å². The maximum Gasteiger partial charge on any atom is 0.211 e. The average Bonchev–Trinajstić information content (AvgIpc) is 3.65. The summed E-state index contributed by atoms with van der Waals surface area (Å²) in [5.41, 5.74) is 7.51. The first kappa shape index (κ1) is 38.3. The molecule has 0 aromatic heterocycles. The number of carbonyl (C=O) groups excluding carboxylic acids is 2. The standard InChI is InChI=1S/C9H7NO2.C9H9N.C9H8O.3C2H6O.ClH/c11-9-7-4-2-1-3-6(7)5-8(9)10-12;10-9-5-7-3-1-2-4-8(7)6-9;10-9-6-5-7-3-1-2-4-8(7)9;3*1-3-2;/h1-4,12H,5H2;1-4,10H,5-6H2;1-4H,5-6H2;3*1-2H3;1H/b10-8+;;;;;;. The van der Waals surface area contributed by atoms with E-state index >= 15 is 0 Å². The van der Waals surface area contributed by atoms with E-state index in [-0.39, 0.29) is 23.9 Å². The number of oxime groups is 1. The van der Waals surface area contributed by atoms with Crippen LogP contribution in [-0.4, -0.2) is 70.9 Å². The van der Waals surface area contributed by atoms with Crippen LogP contribution in [0.4, 0.5) is 0 Å². The maximum atomic E-state index is 11.3. The Balaban J connectivity index is 0.000000523. The van der Waals surface area contributed by atoms with Gasteiger partial charge in [0.2, 0.25) is 5.78 Å². The van der Waals surface area contributed by atoms with Crippen molar-refractivity contribution in [3.63, 3.8) is 0 Å². The SMILES string of the molecule is COC.COC.COC.Cl.N=C1Cc2ccccc2C1.O=C1/C(=N/O)Cc2ccccc21.O=C1CCc2ccccc21. The summed E-state index contributed by atoms with van der Waals surface area (Å²) in [6.07, 6.45) is 3.84. The number of nitrogens with one attached hydrogen (secondary N) is 1. The second-order valence-electron chi connectivity index (χ2n) is 9.24. The van der Waals surface area contributed by atoms with Crippen LogP contribution in [0.2, 0.25) is 0 Å². The smallest absolute Gasteiger partial charge is 0.211 e. The predicted molar refractivity (Wildman–Crippen MR) is 170 cm³/mol. The lowest BCUT2D eigenvalue weighted by molar-refractivity contribution is 0.0993. The van der Waals surface area contributed by atoms with Gasteiger partial charge in [0.1, 0.15) is 5.71 Å². The number of halogens is 1. The summed E-state index contributed by atoms with van der Waals surface area (Å²) in [6.45, 7) is 0. The molecule has 0 fully saturated rings. The second kappa shape index (κ2) is 22.0. The second-order valence-corrected chi connectivity index (χ2v) is 9.24. The van der Waals surface area contributed by atoms with Gasteiger partial charge in [0, 0.05) is 85.2 Å². The summed E-state index contributed by atoms with van der Waals surface area (Å²) in [4.78, 5) is 22.4. The van der Waals surface area contributed by atoms with Gasteiger partial charge >= 0.3 is 0 Å². The van der Waals surface area contributed by atoms with Gasteiger partial charge in [-0.3, -0.25) is 9.59 Å². The van der Waals surface area contributed by atoms with E-state index in [2.05, 4.69) is 31.5 Å². The molecule has 0 atom stereocenters. The van der Waals surface area contributed by atoms with E-state index in [4.69, 9.17) is 10.6 Å². The molecule has 228 valence electrons. The molecule has 3 aromatic rings. The lowest BCUT2D eigenvalue weighted by Crippen LogP contribution is -2.06. The fraction of sp³-hybridized carbons (Fsp3) is 0.333. The van der Waals surface area contributed by atoms with Crippen molar-refractivity contribution >= 4 is 35.4 Å². The topological polar surface area (TPSA) is 118 Å². The summed E-state index contributed by atoms with van der Waals surface area (Å²) in [5, 5.41) is 18.9. The first-order valence-electron chi connectivity index (χ1n) is 13.1. The van der Waals surface area contributed by atoms with Crippen LogP contribution in [-0.2, 0) is 39.9 Å². The number of carbonyl (C=O) groups is 2. The quantitative estimate of drug-likeness (QED) is 0.239. The van der Waals surface area contributed by atoms with Gasteiger partial charge in [0.05, 0.1) is 0 Å². The number of methoxy groups -OCH3 is 3. The number of hydrogen-bond donors (Lipinski definition) is 2. The summed E-state index contributed by atoms with van der Waals surface area (Å²) in [6, 6.07) is 23.4. The third-order valence-electron chi connectivity index (χ3n) is 5.87. The van der Waals surface area contributed by atoms with Crippen LogP contribution < -0.4 is 0 Å². The molecule has 3 aliphatic rings. The van der Waals surface area contributed by atoms with Crippen LogP contribution in [0, 0.1) is 5.41 Å². The molecule has 0 unspecified atom stereocenters. The maximum absolute atomic E-state index is 11.3. The molecule has 3 aromatic carbocycles. The Hall–Kier alpha value is -3.69. The number of nitrogens with zero attached hydrogens (tertiary/aromatic N) is 1. The fourth-order valence-electron chi connectivity index (χ4n) is 4.21. The highest BCUT2D eigenvalue weighted by atomic mass is 35.5. The monoisotopic (exact) mass is 598 g/mol. The highest BCUT2D eigenvalue weighted by molar-refractivity contribution is 6.49. The zero-order valence-electron chi connectivity index (χ0n) is 25.3. The Bertz CT molecular complexity index is 1260. The van der Waals surface area contributed by atoms with E-state index in [0.717, 1.165) is 36.1 Å². The molecule has 42 heavy (non-hydrogen) atoms. The van der Waals surface area contributed by atoms with Crippen LogP contribution in [0.15, 0.2) is 78.0 Å². The summed E-state index contributed by atoms with van der Waals surface area (Å²) >= 11 is 0. The minimum atomic E-state index is -0.159. The number of ketones is 2. The van der Waals surface area contributed by atoms with Gasteiger partial charge in [0.25, 0.3) is 0 Å².